The van der Waals surface area contributed by atoms with Gasteiger partial charge in [0.15, 0.2) is 11.5 Å². The maximum atomic E-state index is 13.3. The summed E-state index contributed by atoms with van der Waals surface area (Å²) in [6.45, 7) is -0.449. The van der Waals surface area contributed by atoms with E-state index in [9.17, 15) is 24.0 Å². The summed E-state index contributed by atoms with van der Waals surface area (Å²) in [5.74, 6) is -1.30. The van der Waals surface area contributed by atoms with Gasteiger partial charge in [-0.2, -0.15) is 5.26 Å². The number of anilines is 1. The maximum Gasteiger partial charge on any atom is 0.294 e. The molecule has 11 heteroatoms. The summed E-state index contributed by atoms with van der Waals surface area (Å²) in [5.41, 5.74) is 1.82. The van der Waals surface area contributed by atoms with Crippen LogP contribution in [-0.2, 0) is 16.2 Å². The predicted molar refractivity (Wildman–Crippen MR) is 141 cm³/mol. The number of rotatable bonds is 8. The zero-order chi connectivity index (χ0) is 27.2. The van der Waals surface area contributed by atoms with Crippen molar-refractivity contribution in [3.05, 3.63) is 93.1 Å². The highest BCUT2D eigenvalue weighted by molar-refractivity contribution is 8.18. The van der Waals surface area contributed by atoms with E-state index >= 15 is 0 Å². The fourth-order valence-corrected chi connectivity index (χ4v) is 4.68. The Morgan fingerprint density at radius 3 is 2.71 bits per heavy atom. The van der Waals surface area contributed by atoms with Crippen LogP contribution in [0.4, 0.5) is 14.9 Å². The number of thioether (sulfide) groups is 1. The minimum atomic E-state index is -0.655. The van der Waals surface area contributed by atoms with Crippen molar-refractivity contribution in [3.63, 3.8) is 0 Å². The molecule has 8 nitrogen and oxygen atoms in total. The van der Waals surface area contributed by atoms with Gasteiger partial charge in [-0.25, -0.2) is 4.39 Å². The molecule has 0 aliphatic carbocycles. The number of carbonyl (C=O) groups excluding carboxylic acids is 3. The number of hydrogen-bond acceptors (Lipinski definition) is 7. The number of nitriles is 1. The molecule has 1 saturated heterocycles. The number of carbonyl (C=O) groups is 3. The highest BCUT2D eigenvalue weighted by atomic mass is 35.5. The summed E-state index contributed by atoms with van der Waals surface area (Å²) >= 11 is 7.12. The molecule has 0 atom stereocenters. The zero-order valence-electron chi connectivity index (χ0n) is 19.9. The van der Waals surface area contributed by atoms with Crippen LogP contribution in [-0.4, -0.2) is 35.6 Å². The first kappa shape index (κ1) is 26.7. The fourth-order valence-electron chi connectivity index (χ4n) is 3.57. The van der Waals surface area contributed by atoms with Crippen molar-refractivity contribution in [3.8, 4) is 17.6 Å². The third-order valence-corrected chi connectivity index (χ3v) is 6.53. The van der Waals surface area contributed by atoms with E-state index in [1.807, 2.05) is 0 Å². The molecule has 0 radical (unpaired) electrons. The fraction of sp³-hybridized carbons (Fsp3) is 0.111. The number of halogens is 2. The van der Waals surface area contributed by atoms with Gasteiger partial charge in [0.05, 0.1) is 28.7 Å². The molecule has 1 N–H and O–H groups in total. The average Bonchev–Trinajstić information content (AvgIpc) is 3.15. The van der Waals surface area contributed by atoms with Crippen molar-refractivity contribution in [1.82, 2.24) is 4.90 Å². The quantitative estimate of drug-likeness (QED) is 0.362. The molecule has 3 amide bonds. The van der Waals surface area contributed by atoms with Gasteiger partial charge in [0, 0.05) is 11.3 Å². The molecule has 0 unspecified atom stereocenters. The van der Waals surface area contributed by atoms with Gasteiger partial charge >= 0.3 is 0 Å². The van der Waals surface area contributed by atoms with Crippen LogP contribution in [0.5, 0.6) is 11.5 Å². The largest absolute Gasteiger partial charge is 0.493 e. The molecule has 0 bridgehead atoms. The number of methoxy groups -OCH3 is 1. The molecule has 1 aliphatic heterocycles. The van der Waals surface area contributed by atoms with Gasteiger partial charge < -0.3 is 14.8 Å². The van der Waals surface area contributed by atoms with E-state index in [0.717, 1.165) is 11.0 Å². The monoisotopic (exact) mass is 551 g/mol. The third-order valence-electron chi connectivity index (χ3n) is 5.34. The summed E-state index contributed by atoms with van der Waals surface area (Å²) in [6.07, 6.45) is 1.46. The number of ether oxygens (including phenoxy) is 2. The molecule has 0 saturated carbocycles. The number of benzene rings is 3. The van der Waals surface area contributed by atoms with Crippen molar-refractivity contribution in [1.29, 1.82) is 5.26 Å². The second-order valence-corrected chi connectivity index (χ2v) is 9.32. The van der Waals surface area contributed by atoms with Gasteiger partial charge in [-0.05, 0) is 59.8 Å². The first-order valence-corrected chi connectivity index (χ1v) is 12.3. The minimum Gasteiger partial charge on any atom is -0.493 e. The third kappa shape index (κ3) is 6.14. The Kier molecular flexibility index (Phi) is 8.31. The standard InChI is InChI=1S/C27H19ClFN3O5S/c1-36-22-10-16(9-21(28)25(22)37-15-18-6-3-2-5-17(18)13-30)11-23-26(34)32(27(35)38-23)14-24(33)31-20-8-4-7-19(29)12-20/h2-12H,14-15H2,1H3,(H,31,33)/b23-11+. The average molecular weight is 552 g/mol. The molecule has 3 aromatic rings. The van der Waals surface area contributed by atoms with Gasteiger partial charge in [0.2, 0.25) is 5.91 Å². The van der Waals surface area contributed by atoms with Crippen molar-refractivity contribution in [2.45, 2.75) is 6.61 Å². The van der Waals surface area contributed by atoms with E-state index in [4.69, 9.17) is 21.1 Å². The normalized spacial score (nSPS) is 13.9. The smallest absolute Gasteiger partial charge is 0.294 e. The van der Waals surface area contributed by atoms with Crippen LogP contribution in [0.1, 0.15) is 16.7 Å². The van der Waals surface area contributed by atoms with E-state index in [1.165, 1.54) is 31.4 Å². The Morgan fingerprint density at radius 1 is 1.18 bits per heavy atom. The molecule has 192 valence electrons. The topological polar surface area (TPSA) is 109 Å². The Balaban J connectivity index is 1.48. The van der Waals surface area contributed by atoms with Crippen LogP contribution in [0.2, 0.25) is 5.02 Å². The number of amides is 3. The van der Waals surface area contributed by atoms with Crippen LogP contribution in [0.25, 0.3) is 6.08 Å². The molecule has 3 aromatic carbocycles. The van der Waals surface area contributed by atoms with Crippen LogP contribution in [0, 0.1) is 17.1 Å². The van der Waals surface area contributed by atoms with Crippen LogP contribution >= 0.6 is 23.4 Å². The maximum absolute atomic E-state index is 13.3. The summed E-state index contributed by atoms with van der Waals surface area (Å²) < 4.78 is 24.6. The SMILES string of the molecule is COc1cc(/C=C2/SC(=O)N(CC(=O)Nc3cccc(F)c3)C2=O)cc(Cl)c1OCc1ccccc1C#N. The summed E-state index contributed by atoms with van der Waals surface area (Å²) in [7, 11) is 1.43. The van der Waals surface area contributed by atoms with Crippen molar-refractivity contribution in [2.75, 3.05) is 19.0 Å². The molecule has 4 rings (SSSR count). The van der Waals surface area contributed by atoms with Gasteiger partial charge in [0.25, 0.3) is 11.1 Å². The van der Waals surface area contributed by atoms with Gasteiger partial charge in [-0.3, -0.25) is 19.3 Å². The van der Waals surface area contributed by atoms with Crippen LogP contribution in [0.15, 0.2) is 65.6 Å². The molecule has 1 aliphatic rings. The van der Waals surface area contributed by atoms with Gasteiger partial charge in [0.1, 0.15) is 19.0 Å². The molecule has 1 heterocycles. The van der Waals surface area contributed by atoms with Gasteiger partial charge in [-0.1, -0.05) is 35.9 Å². The van der Waals surface area contributed by atoms with E-state index in [-0.39, 0.29) is 33.7 Å². The van der Waals surface area contributed by atoms with Crippen molar-refractivity contribution >= 4 is 52.2 Å². The highest BCUT2D eigenvalue weighted by Crippen LogP contribution is 2.39. The van der Waals surface area contributed by atoms with E-state index < -0.39 is 29.4 Å². The summed E-state index contributed by atoms with van der Waals surface area (Å²) in [5, 5.41) is 11.3. The van der Waals surface area contributed by atoms with Crippen molar-refractivity contribution in [2.24, 2.45) is 0 Å². The minimum absolute atomic E-state index is 0.0791. The number of nitrogens with zero attached hydrogens (tertiary/aromatic N) is 2. The second-order valence-electron chi connectivity index (χ2n) is 7.92. The molecule has 38 heavy (non-hydrogen) atoms. The predicted octanol–water partition coefficient (Wildman–Crippen LogP) is 5.61. The lowest BCUT2D eigenvalue weighted by Crippen LogP contribution is -2.36. The molecule has 0 spiro atoms. The number of hydrogen-bond donors (Lipinski definition) is 1. The first-order chi connectivity index (χ1) is 18.3. The van der Waals surface area contributed by atoms with Crippen LogP contribution < -0.4 is 14.8 Å². The Bertz CT molecular complexity index is 1500. The Hall–Kier alpha value is -4.33. The Morgan fingerprint density at radius 2 is 1.97 bits per heavy atom. The number of imide groups is 1. The zero-order valence-corrected chi connectivity index (χ0v) is 21.4. The first-order valence-electron chi connectivity index (χ1n) is 11.1. The lowest BCUT2D eigenvalue weighted by Gasteiger charge is -2.14. The van der Waals surface area contributed by atoms with E-state index in [1.54, 1.807) is 36.4 Å². The molecule has 1 fully saturated rings. The van der Waals surface area contributed by atoms with Gasteiger partial charge in [-0.15, -0.1) is 0 Å². The highest BCUT2D eigenvalue weighted by Gasteiger charge is 2.36. The molecular weight excluding hydrogens is 533 g/mol. The summed E-state index contributed by atoms with van der Waals surface area (Å²) in [6, 6.07) is 17.5. The lowest BCUT2D eigenvalue weighted by molar-refractivity contribution is -0.127. The lowest BCUT2D eigenvalue weighted by atomic mass is 10.1. The van der Waals surface area contributed by atoms with Crippen molar-refractivity contribution < 1.29 is 28.2 Å². The summed E-state index contributed by atoms with van der Waals surface area (Å²) in [4.78, 5) is 38.5. The number of nitrogens with one attached hydrogen (secondary N) is 1. The van der Waals surface area contributed by atoms with E-state index in [2.05, 4.69) is 11.4 Å². The second kappa shape index (κ2) is 11.8. The van der Waals surface area contributed by atoms with Crippen LogP contribution in [0.3, 0.4) is 0 Å². The molecular formula is C27H19ClFN3O5S. The van der Waals surface area contributed by atoms with E-state index in [0.29, 0.717) is 28.5 Å². The Labute approximate surface area is 226 Å². The molecule has 0 aromatic heterocycles.